The summed E-state index contributed by atoms with van der Waals surface area (Å²) in [7, 11) is 0. The number of nitrogens with one attached hydrogen (secondary N) is 1. The molecule has 0 amide bonds. The van der Waals surface area contributed by atoms with E-state index in [1.807, 2.05) is 6.07 Å². The fourth-order valence-corrected chi connectivity index (χ4v) is 3.19. The molecule has 1 N–H and O–H groups in total. The number of aryl methyl sites for hydroxylation is 1. The summed E-state index contributed by atoms with van der Waals surface area (Å²) in [6.07, 6.45) is 4.73. The molecule has 18 heavy (non-hydrogen) atoms. The lowest BCUT2D eigenvalue weighted by atomic mass is 9.80. The van der Waals surface area contributed by atoms with Crippen LogP contribution in [0.1, 0.15) is 45.9 Å². The van der Waals surface area contributed by atoms with Gasteiger partial charge in [0.2, 0.25) is 0 Å². The minimum atomic E-state index is 0.549. The van der Waals surface area contributed by atoms with Gasteiger partial charge >= 0.3 is 0 Å². The van der Waals surface area contributed by atoms with Crippen molar-refractivity contribution < 1.29 is 0 Å². The quantitative estimate of drug-likeness (QED) is 0.856. The van der Waals surface area contributed by atoms with E-state index in [2.05, 4.69) is 52.0 Å². The molecule has 0 aromatic carbocycles. The van der Waals surface area contributed by atoms with E-state index in [0.717, 1.165) is 28.6 Å². The molecule has 3 atom stereocenters. The van der Waals surface area contributed by atoms with Gasteiger partial charge in [-0.15, -0.1) is 0 Å². The molecule has 4 heteroatoms. The van der Waals surface area contributed by atoms with Crippen LogP contribution in [0.25, 0.3) is 0 Å². The summed E-state index contributed by atoms with van der Waals surface area (Å²) in [5, 5.41) is 3.59. The number of hydrogen-bond acceptors (Lipinski definition) is 3. The number of rotatable bonds is 3. The summed E-state index contributed by atoms with van der Waals surface area (Å²) in [6.45, 7) is 6.77. The third-order valence-electron chi connectivity index (χ3n) is 3.82. The largest absolute Gasteiger partial charge is 0.367 e. The lowest BCUT2D eigenvalue weighted by Crippen LogP contribution is -2.33. The summed E-state index contributed by atoms with van der Waals surface area (Å²) in [4.78, 5) is 8.89. The van der Waals surface area contributed by atoms with E-state index < -0.39 is 0 Å². The molecule has 0 saturated heterocycles. The summed E-state index contributed by atoms with van der Waals surface area (Å²) in [6, 6.07) is 2.52. The third-order valence-corrected chi connectivity index (χ3v) is 4.23. The molecule has 0 spiro atoms. The Hall–Kier alpha value is -0.640. The maximum Gasteiger partial charge on any atom is 0.131 e. The predicted molar refractivity (Wildman–Crippen MR) is 78.7 cm³/mol. The summed E-state index contributed by atoms with van der Waals surface area (Å²) in [5.74, 6) is 3.43. The van der Waals surface area contributed by atoms with Crippen molar-refractivity contribution >= 4 is 21.7 Å². The van der Waals surface area contributed by atoms with E-state index in [-0.39, 0.29) is 0 Å². The van der Waals surface area contributed by atoms with Crippen LogP contribution in [0, 0.1) is 11.8 Å². The Labute approximate surface area is 118 Å². The van der Waals surface area contributed by atoms with Gasteiger partial charge in [-0.2, -0.15) is 0 Å². The van der Waals surface area contributed by atoms with Crippen molar-refractivity contribution in [2.75, 3.05) is 5.32 Å². The maximum absolute atomic E-state index is 4.55. The van der Waals surface area contributed by atoms with Crippen LogP contribution in [-0.2, 0) is 6.42 Å². The van der Waals surface area contributed by atoms with Crippen molar-refractivity contribution in [1.29, 1.82) is 0 Å². The minimum absolute atomic E-state index is 0.549. The first-order chi connectivity index (χ1) is 8.58. The molecule has 0 radical (unpaired) electrons. The molecule has 3 unspecified atom stereocenters. The van der Waals surface area contributed by atoms with Crippen LogP contribution in [-0.4, -0.2) is 16.0 Å². The smallest absolute Gasteiger partial charge is 0.131 e. The molecular formula is C14H22BrN3. The number of anilines is 1. The number of aromatic nitrogens is 2. The second-order valence-corrected chi connectivity index (χ2v) is 6.30. The molecule has 1 heterocycles. The Morgan fingerprint density at radius 1 is 1.33 bits per heavy atom. The molecular weight excluding hydrogens is 290 g/mol. The van der Waals surface area contributed by atoms with Gasteiger partial charge in [-0.1, -0.05) is 20.8 Å². The first-order valence-corrected chi connectivity index (χ1v) is 7.67. The van der Waals surface area contributed by atoms with Crippen molar-refractivity contribution in [2.45, 2.75) is 52.5 Å². The van der Waals surface area contributed by atoms with Crippen LogP contribution in [0.15, 0.2) is 10.7 Å². The van der Waals surface area contributed by atoms with Gasteiger partial charge in [0.05, 0.1) is 0 Å². The second kappa shape index (κ2) is 6.00. The van der Waals surface area contributed by atoms with Crippen LogP contribution >= 0.6 is 15.9 Å². The Bertz CT molecular complexity index is 408. The van der Waals surface area contributed by atoms with Crippen LogP contribution < -0.4 is 5.32 Å². The summed E-state index contributed by atoms with van der Waals surface area (Å²) in [5.41, 5.74) is 0. The van der Waals surface area contributed by atoms with Crippen LogP contribution in [0.2, 0.25) is 0 Å². The van der Waals surface area contributed by atoms with E-state index >= 15 is 0 Å². The first-order valence-electron chi connectivity index (χ1n) is 6.88. The van der Waals surface area contributed by atoms with E-state index in [1.165, 1.54) is 19.3 Å². The maximum atomic E-state index is 4.55. The van der Waals surface area contributed by atoms with Crippen molar-refractivity contribution in [3.63, 3.8) is 0 Å². The molecule has 2 rings (SSSR count). The minimum Gasteiger partial charge on any atom is -0.367 e. The van der Waals surface area contributed by atoms with Gasteiger partial charge in [0.15, 0.2) is 0 Å². The van der Waals surface area contributed by atoms with E-state index in [1.54, 1.807) is 0 Å². The standard InChI is InChI=1S/C14H22BrN3/c1-4-13-17-12(15)8-14(18-13)16-11-6-5-9(2)7-10(11)3/h8-11H,4-7H2,1-3H3,(H,16,17,18). The molecule has 1 fully saturated rings. The Balaban J connectivity index is 2.06. The second-order valence-electron chi connectivity index (χ2n) is 5.49. The number of hydrogen-bond donors (Lipinski definition) is 1. The van der Waals surface area contributed by atoms with Gasteiger partial charge < -0.3 is 5.32 Å². The van der Waals surface area contributed by atoms with Crippen LogP contribution in [0.3, 0.4) is 0 Å². The average Bonchev–Trinajstić information content (AvgIpc) is 2.32. The normalized spacial score (nSPS) is 28.1. The number of nitrogens with zero attached hydrogens (tertiary/aromatic N) is 2. The van der Waals surface area contributed by atoms with Gasteiger partial charge in [-0.25, -0.2) is 9.97 Å². The Morgan fingerprint density at radius 2 is 2.11 bits per heavy atom. The van der Waals surface area contributed by atoms with Crippen molar-refractivity contribution in [3.05, 3.63) is 16.5 Å². The predicted octanol–water partition coefficient (Wildman–Crippen LogP) is 4.04. The highest BCUT2D eigenvalue weighted by Gasteiger charge is 2.25. The monoisotopic (exact) mass is 311 g/mol. The zero-order valence-corrected chi connectivity index (χ0v) is 13.0. The van der Waals surface area contributed by atoms with Gasteiger partial charge in [0, 0.05) is 18.5 Å². The van der Waals surface area contributed by atoms with Gasteiger partial charge in [0.1, 0.15) is 16.2 Å². The lowest BCUT2D eigenvalue weighted by molar-refractivity contribution is 0.276. The van der Waals surface area contributed by atoms with E-state index in [0.29, 0.717) is 12.0 Å². The van der Waals surface area contributed by atoms with Crippen LogP contribution in [0.4, 0.5) is 5.82 Å². The van der Waals surface area contributed by atoms with Gasteiger partial charge in [-0.05, 0) is 47.0 Å². The highest BCUT2D eigenvalue weighted by atomic mass is 79.9. The SMILES string of the molecule is CCc1nc(Br)cc(NC2CCC(C)CC2C)n1. The molecule has 1 aliphatic rings. The molecule has 3 nitrogen and oxygen atoms in total. The zero-order valence-electron chi connectivity index (χ0n) is 11.4. The molecule has 1 aromatic heterocycles. The van der Waals surface area contributed by atoms with Crippen molar-refractivity contribution in [3.8, 4) is 0 Å². The highest BCUT2D eigenvalue weighted by molar-refractivity contribution is 9.10. The van der Waals surface area contributed by atoms with Gasteiger partial charge in [-0.3, -0.25) is 0 Å². The van der Waals surface area contributed by atoms with E-state index in [4.69, 9.17) is 0 Å². The molecule has 100 valence electrons. The first kappa shape index (κ1) is 13.8. The fourth-order valence-electron chi connectivity index (χ4n) is 2.77. The Morgan fingerprint density at radius 3 is 2.78 bits per heavy atom. The van der Waals surface area contributed by atoms with Crippen LogP contribution in [0.5, 0.6) is 0 Å². The Kier molecular flexibility index (Phi) is 4.60. The highest BCUT2D eigenvalue weighted by Crippen LogP contribution is 2.30. The molecule has 0 bridgehead atoms. The molecule has 1 saturated carbocycles. The zero-order chi connectivity index (χ0) is 13.1. The molecule has 1 aromatic rings. The van der Waals surface area contributed by atoms with Gasteiger partial charge in [0.25, 0.3) is 0 Å². The van der Waals surface area contributed by atoms with Crippen molar-refractivity contribution in [1.82, 2.24) is 9.97 Å². The lowest BCUT2D eigenvalue weighted by Gasteiger charge is -2.33. The third kappa shape index (κ3) is 3.44. The fraction of sp³-hybridized carbons (Fsp3) is 0.714. The van der Waals surface area contributed by atoms with Crippen molar-refractivity contribution in [2.24, 2.45) is 11.8 Å². The molecule has 0 aliphatic heterocycles. The number of halogens is 1. The summed E-state index contributed by atoms with van der Waals surface area (Å²) < 4.78 is 0.869. The topological polar surface area (TPSA) is 37.8 Å². The average molecular weight is 312 g/mol. The summed E-state index contributed by atoms with van der Waals surface area (Å²) >= 11 is 3.45. The van der Waals surface area contributed by atoms with E-state index in [9.17, 15) is 0 Å². The molecule has 1 aliphatic carbocycles.